The van der Waals surface area contributed by atoms with Gasteiger partial charge in [0.25, 0.3) is 0 Å². The van der Waals surface area contributed by atoms with Crippen molar-refractivity contribution in [1.29, 1.82) is 5.26 Å². The van der Waals surface area contributed by atoms with Gasteiger partial charge in [-0.05, 0) is 74.3 Å². The molecule has 7 aromatic carbocycles. The molecule has 4 nitrogen and oxygen atoms in total. The lowest BCUT2D eigenvalue weighted by molar-refractivity contribution is 1.07. The summed E-state index contributed by atoms with van der Waals surface area (Å²) in [6, 6.07) is 56.6. The van der Waals surface area contributed by atoms with E-state index in [-0.39, 0.29) is 0 Å². The summed E-state index contributed by atoms with van der Waals surface area (Å²) in [7, 11) is 0. The summed E-state index contributed by atoms with van der Waals surface area (Å²) in [5.74, 6) is 1.88. The average molecular weight is 625 g/mol. The fraction of sp³-hybridized carbons (Fsp3) is 0.0222. The van der Waals surface area contributed by atoms with Crippen LogP contribution in [0.4, 0.5) is 0 Å². The van der Waals surface area contributed by atoms with Crippen molar-refractivity contribution in [2.45, 2.75) is 6.42 Å². The lowest BCUT2D eigenvalue weighted by Gasteiger charge is -2.14. The van der Waals surface area contributed by atoms with Crippen LogP contribution in [0.1, 0.15) is 16.7 Å². The molecule has 228 valence electrons. The van der Waals surface area contributed by atoms with E-state index in [1.807, 2.05) is 60.7 Å². The second-order valence-corrected chi connectivity index (χ2v) is 12.3. The minimum absolute atomic E-state index is 0.618. The van der Waals surface area contributed by atoms with Crippen LogP contribution >= 0.6 is 0 Å². The van der Waals surface area contributed by atoms with Crippen molar-refractivity contribution in [3.05, 3.63) is 174 Å². The molecule has 0 fully saturated rings. The minimum Gasteiger partial charge on any atom is -0.208 e. The smallest absolute Gasteiger partial charge is 0.164 e. The highest BCUT2D eigenvalue weighted by molar-refractivity contribution is 6.05. The van der Waals surface area contributed by atoms with E-state index in [0.717, 1.165) is 62.1 Å². The van der Waals surface area contributed by atoms with Crippen LogP contribution in [0.25, 0.3) is 78.3 Å². The highest BCUT2D eigenvalue weighted by atomic mass is 15.0. The Hall–Kier alpha value is -6.70. The highest BCUT2D eigenvalue weighted by Crippen LogP contribution is 2.45. The number of rotatable bonds is 5. The number of nitriles is 1. The predicted molar refractivity (Wildman–Crippen MR) is 197 cm³/mol. The van der Waals surface area contributed by atoms with E-state index >= 15 is 0 Å². The standard InChI is InChI=1S/C45H28N4/c46-28-36-18-10-16-34-26-40-38-20-8-7-19-37(38)39(27-41(40)42(34)36)30-21-23-32(24-22-30)44-47-43(31-13-5-2-6-14-31)48-45(49-44)35-17-9-15-33(25-35)29-11-3-1-4-12-29/h1-25,27H,26H2. The molecule has 9 rings (SSSR count). The maximum atomic E-state index is 9.95. The summed E-state index contributed by atoms with van der Waals surface area (Å²) in [4.78, 5) is 15.0. The Morgan fingerprint density at radius 1 is 0.429 bits per heavy atom. The molecule has 1 heterocycles. The van der Waals surface area contributed by atoms with Gasteiger partial charge in [-0.1, -0.05) is 140 Å². The topological polar surface area (TPSA) is 62.5 Å². The van der Waals surface area contributed by atoms with Crippen LogP contribution in [0.3, 0.4) is 0 Å². The Morgan fingerprint density at radius 3 is 1.69 bits per heavy atom. The normalized spacial score (nSPS) is 11.6. The van der Waals surface area contributed by atoms with Gasteiger partial charge in [-0.15, -0.1) is 0 Å². The molecular weight excluding hydrogens is 597 g/mol. The second kappa shape index (κ2) is 11.8. The van der Waals surface area contributed by atoms with Crippen LogP contribution in [0, 0.1) is 11.3 Å². The Bertz CT molecular complexity index is 2570. The third-order valence-corrected chi connectivity index (χ3v) is 9.41. The third kappa shape index (κ3) is 5.06. The molecule has 0 unspecified atom stereocenters. The fourth-order valence-electron chi connectivity index (χ4n) is 7.05. The molecule has 8 aromatic rings. The predicted octanol–water partition coefficient (Wildman–Crippen LogP) is 10.8. The maximum Gasteiger partial charge on any atom is 0.164 e. The fourth-order valence-corrected chi connectivity index (χ4v) is 7.05. The summed E-state index contributed by atoms with van der Waals surface area (Å²) in [5, 5.41) is 12.4. The lowest BCUT2D eigenvalue weighted by Crippen LogP contribution is -2.00. The highest BCUT2D eigenvalue weighted by Gasteiger charge is 2.25. The maximum absolute atomic E-state index is 9.95. The van der Waals surface area contributed by atoms with Crippen LogP contribution < -0.4 is 0 Å². The first-order chi connectivity index (χ1) is 24.2. The zero-order chi connectivity index (χ0) is 32.7. The molecule has 0 atom stereocenters. The Labute approximate surface area is 284 Å². The van der Waals surface area contributed by atoms with Crippen LogP contribution in [-0.4, -0.2) is 15.0 Å². The third-order valence-electron chi connectivity index (χ3n) is 9.41. The van der Waals surface area contributed by atoms with Crippen molar-refractivity contribution in [3.8, 4) is 73.6 Å². The zero-order valence-corrected chi connectivity index (χ0v) is 26.5. The van der Waals surface area contributed by atoms with Crippen LogP contribution in [0.2, 0.25) is 0 Å². The number of fused-ring (bicyclic) bond motifs is 5. The zero-order valence-electron chi connectivity index (χ0n) is 26.5. The van der Waals surface area contributed by atoms with Crippen LogP contribution in [-0.2, 0) is 6.42 Å². The van der Waals surface area contributed by atoms with E-state index < -0.39 is 0 Å². The van der Waals surface area contributed by atoms with Gasteiger partial charge < -0.3 is 0 Å². The van der Waals surface area contributed by atoms with Gasteiger partial charge >= 0.3 is 0 Å². The monoisotopic (exact) mass is 624 g/mol. The Kier molecular flexibility index (Phi) is 6.88. The molecule has 1 aliphatic carbocycles. The summed E-state index contributed by atoms with van der Waals surface area (Å²) >= 11 is 0. The molecule has 49 heavy (non-hydrogen) atoms. The molecular formula is C45H28N4. The van der Waals surface area contributed by atoms with Crippen molar-refractivity contribution in [1.82, 2.24) is 15.0 Å². The van der Waals surface area contributed by atoms with Gasteiger partial charge in [-0.3, -0.25) is 0 Å². The molecule has 1 aliphatic rings. The molecule has 0 aliphatic heterocycles. The summed E-state index contributed by atoms with van der Waals surface area (Å²) in [6.07, 6.45) is 0.833. The van der Waals surface area contributed by atoms with Gasteiger partial charge in [0, 0.05) is 22.3 Å². The van der Waals surface area contributed by atoms with Gasteiger partial charge in [0.1, 0.15) is 0 Å². The first-order valence-electron chi connectivity index (χ1n) is 16.4. The summed E-state index contributed by atoms with van der Waals surface area (Å²) < 4.78 is 0. The second-order valence-electron chi connectivity index (χ2n) is 12.3. The number of hydrogen-bond donors (Lipinski definition) is 0. The van der Waals surface area contributed by atoms with Crippen molar-refractivity contribution in [2.75, 3.05) is 0 Å². The molecule has 0 saturated carbocycles. The van der Waals surface area contributed by atoms with Crippen molar-refractivity contribution in [2.24, 2.45) is 0 Å². The molecule has 0 amide bonds. The van der Waals surface area contributed by atoms with Gasteiger partial charge in [0.2, 0.25) is 0 Å². The minimum atomic E-state index is 0.618. The van der Waals surface area contributed by atoms with Crippen LogP contribution in [0.15, 0.2) is 158 Å². The van der Waals surface area contributed by atoms with E-state index in [1.165, 1.54) is 21.9 Å². The van der Waals surface area contributed by atoms with E-state index in [0.29, 0.717) is 17.5 Å². The molecule has 0 radical (unpaired) electrons. The first kappa shape index (κ1) is 28.5. The molecule has 0 saturated heterocycles. The van der Waals surface area contributed by atoms with Gasteiger partial charge in [0.15, 0.2) is 17.5 Å². The SMILES string of the molecule is N#Cc1cccc2c1-c1cc(-c3ccc(-c4nc(-c5ccccc5)nc(-c5cccc(-c6ccccc6)c5)n4)cc3)c3ccccc3c1C2. The molecule has 0 N–H and O–H groups in total. The van der Waals surface area contributed by atoms with E-state index in [1.54, 1.807) is 0 Å². The van der Waals surface area contributed by atoms with Crippen LogP contribution in [0.5, 0.6) is 0 Å². The summed E-state index contributed by atoms with van der Waals surface area (Å²) in [5.41, 5.74) is 12.7. The summed E-state index contributed by atoms with van der Waals surface area (Å²) in [6.45, 7) is 0. The van der Waals surface area contributed by atoms with Crippen molar-refractivity contribution in [3.63, 3.8) is 0 Å². The van der Waals surface area contributed by atoms with Gasteiger partial charge in [0.05, 0.1) is 11.6 Å². The number of aromatic nitrogens is 3. The molecule has 0 spiro atoms. The van der Waals surface area contributed by atoms with Crippen molar-refractivity contribution >= 4 is 10.8 Å². The molecule has 1 aromatic heterocycles. The lowest BCUT2D eigenvalue weighted by atomic mass is 9.90. The molecule has 4 heteroatoms. The van der Waals surface area contributed by atoms with Crippen molar-refractivity contribution < 1.29 is 0 Å². The van der Waals surface area contributed by atoms with E-state index in [4.69, 9.17) is 15.0 Å². The quantitative estimate of drug-likeness (QED) is 0.191. The first-order valence-corrected chi connectivity index (χ1v) is 16.4. The largest absolute Gasteiger partial charge is 0.208 e. The number of hydrogen-bond acceptors (Lipinski definition) is 4. The van der Waals surface area contributed by atoms with Gasteiger partial charge in [-0.2, -0.15) is 5.26 Å². The molecule has 0 bridgehead atoms. The Morgan fingerprint density at radius 2 is 0.980 bits per heavy atom. The number of nitrogens with zero attached hydrogens (tertiary/aromatic N) is 4. The number of benzene rings is 7. The van der Waals surface area contributed by atoms with E-state index in [9.17, 15) is 5.26 Å². The van der Waals surface area contributed by atoms with E-state index in [2.05, 4.69) is 103 Å². The average Bonchev–Trinajstić information content (AvgIpc) is 3.57. The Balaban J connectivity index is 1.16. The van der Waals surface area contributed by atoms with Gasteiger partial charge in [-0.25, -0.2) is 15.0 Å².